The highest BCUT2D eigenvalue weighted by molar-refractivity contribution is 5.83. The highest BCUT2D eigenvalue weighted by Gasteiger charge is 2.17. The van der Waals surface area contributed by atoms with Crippen LogP contribution in [0.5, 0.6) is 0 Å². The molecule has 1 aliphatic heterocycles. The van der Waals surface area contributed by atoms with Crippen molar-refractivity contribution < 1.29 is 18.4 Å². The van der Waals surface area contributed by atoms with Crippen LogP contribution in [0.25, 0.3) is 0 Å². The van der Waals surface area contributed by atoms with Crippen molar-refractivity contribution in [1.29, 1.82) is 0 Å². The van der Waals surface area contributed by atoms with Crippen LogP contribution in [0.4, 0.5) is 19.3 Å². The third kappa shape index (κ3) is 7.53. The molecule has 2 aromatic rings. The molecule has 3 rings (SSSR count). The van der Waals surface area contributed by atoms with Gasteiger partial charge in [-0.2, -0.15) is 0 Å². The van der Waals surface area contributed by atoms with Crippen molar-refractivity contribution in [2.75, 3.05) is 50.7 Å². The molecule has 1 fully saturated rings. The first-order valence-corrected chi connectivity index (χ1v) is 10.3. The average molecular weight is 431 g/mol. The summed E-state index contributed by atoms with van der Waals surface area (Å²) in [5, 5.41) is 7.91. The maximum atomic E-state index is 13.0. The summed E-state index contributed by atoms with van der Waals surface area (Å²) in [6.07, 6.45) is 0. The van der Waals surface area contributed by atoms with Gasteiger partial charge in [-0.1, -0.05) is 12.1 Å². The van der Waals surface area contributed by atoms with E-state index < -0.39 is 6.03 Å². The van der Waals surface area contributed by atoms with E-state index in [1.807, 2.05) is 0 Å². The second-order valence-corrected chi connectivity index (χ2v) is 7.32. The van der Waals surface area contributed by atoms with Gasteiger partial charge in [-0.15, -0.1) is 0 Å². The number of piperazine rings is 1. The minimum atomic E-state index is -0.462. The predicted octanol–water partition coefficient (Wildman–Crippen LogP) is 1.70. The molecular weight excluding hydrogens is 404 g/mol. The van der Waals surface area contributed by atoms with E-state index in [9.17, 15) is 18.4 Å². The van der Waals surface area contributed by atoms with Crippen LogP contribution in [0.3, 0.4) is 0 Å². The molecule has 0 radical (unpaired) electrons. The minimum absolute atomic E-state index is 0.117. The molecular formula is C22H27F2N5O2. The zero-order valence-corrected chi connectivity index (χ0v) is 17.2. The van der Waals surface area contributed by atoms with Crippen LogP contribution >= 0.6 is 0 Å². The second-order valence-electron chi connectivity index (χ2n) is 7.32. The number of nitrogens with one attached hydrogen (secondary N) is 3. The Hall–Kier alpha value is -3.20. The Morgan fingerprint density at radius 3 is 2.06 bits per heavy atom. The number of amides is 3. The molecule has 9 heteroatoms. The van der Waals surface area contributed by atoms with Crippen LogP contribution in [0.2, 0.25) is 0 Å². The summed E-state index contributed by atoms with van der Waals surface area (Å²) in [6.45, 7) is 4.75. The quantitative estimate of drug-likeness (QED) is 0.595. The first-order chi connectivity index (χ1) is 15.0. The van der Waals surface area contributed by atoms with Gasteiger partial charge in [-0.05, 0) is 42.0 Å². The van der Waals surface area contributed by atoms with Gasteiger partial charge in [0, 0.05) is 51.5 Å². The van der Waals surface area contributed by atoms with Crippen molar-refractivity contribution in [3.63, 3.8) is 0 Å². The summed E-state index contributed by atoms with van der Waals surface area (Å²) in [6, 6.07) is 11.9. The highest BCUT2D eigenvalue weighted by atomic mass is 19.1. The van der Waals surface area contributed by atoms with Crippen LogP contribution in [-0.4, -0.2) is 62.7 Å². The molecule has 0 unspecified atom stereocenters. The minimum Gasteiger partial charge on any atom is -0.369 e. The number of carbonyl (C=O) groups is 2. The van der Waals surface area contributed by atoms with Crippen LogP contribution in [-0.2, 0) is 11.3 Å². The summed E-state index contributed by atoms with van der Waals surface area (Å²) in [5.41, 5.74) is 1.78. The largest absolute Gasteiger partial charge is 0.369 e. The Kier molecular flexibility index (Phi) is 8.17. The monoisotopic (exact) mass is 431 g/mol. The summed E-state index contributed by atoms with van der Waals surface area (Å²) in [7, 11) is 0. The zero-order valence-electron chi connectivity index (χ0n) is 17.2. The van der Waals surface area contributed by atoms with Crippen LogP contribution in [0.15, 0.2) is 48.5 Å². The van der Waals surface area contributed by atoms with Crippen LogP contribution in [0, 0.1) is 11.6 Å². The maximum Gasteiger partial charge on any atom is 0.315 e. The smallest absolute Gasteiger partial charge is 0.315 e. The van der Waals surface area contributed by atoms with E-state index >= 15 is 0 Å². The van der Waals surface area contributed by atoms with E-state index in [4.69, 9.17) is 0 Å². The van der Waals surface area contributed by atoms with Gasteiger partial charge in [-0.25, -0.2) is 13.6 Å². The Bertz CT molecular complexity index is 853. The van der Waals surface area contributed by atoms with E-state index in [1.165, 1.54) is 24.3 Å². The van der Waals surface area contributed by atoms with Crippen LogP contribution < -0.4 is 20.9 Å². The van der Waals surface area contributed by atoms with Gasteiger partial charge < -0.3 is 20.9 Å². The lowest BCUT2D eigenvalue weighted by Gasteiger charge is -2.36. The molecule has 166 valence electrons. The summed E-state index contributed by atoms with van der Waals surface area (Å²) >= 11 is 0. The highest BCUT2D eigenvalue weighted by Crippen LogP contribution is 2.16. The van der Waals surface area contributed by atoms with Gasteiger partial charge in [0.05, 0.1) is 6.54 Å². The number of rotatable bonds is 8. The summed E-state index contributed by atoms with van der Waals surface area (Å²) in [4.78, 5) is 28.1. The molecule has 0 aliphatic carbocycles. The number of hydrogen-bond donors (Lipinski definition) is 3. The van der Waals surface area contributed by atoms with E-state index in [1.54, 1.807) is 24.3 Å². The maximum absolute atomic E-state index is 13.0. The van der Waals surface area contributed by atoms with E-state index in [-0.39, 0.29) is 30.6 Å². The number of carbonyl (C=O) groups excluding carboxylic acids is 2. The van der Waals surface area contributed by atoms with Gasteiger partial charge in [0.25, 0.3) is 0 Å². The molecule has 1 aliphatic rings. The van der Waals surface area contributed by atoms with Crippen molar-refractivity contribution in [3.05, 3.63) is 65.7 Å². The zero-order chi connectivity index (χ0) is 22.1. The number of urea groups is 1. The Balaban J connectivity index is 1.25. The SMILES string of the molecule is O=C(CNC(=O)NCc1ccc(F)cc1)NCCN1CCN(c2ccc(F)cc2)CC1. The molecule has 0 saturated carbocycles. The van der Waals surface area contributed by atoms with Crippen molar-refractivity contribution >= 4 is 17.6 Å². The molecule has 1 heterocycles. The topological polar surface area (TPSA) is 76.7 Å². The summed E-state index contributed by atoms with van der Waals surface area (Å²) in [5.74, 6) is -0.834. The average Bonchev–Trinajstić information content (AvgIpc) is 2.78. The van der Waals surface area contributed by atoms with Crippen molar-refractivity contribution in [2.45, 2.75) is 6.54 Å². The third-order valence-electron chi connectivity index (χ3n) is 5.09. The second kappa shape index (κ2) is 11.3. The molecule has 7 nitrogen and oxygen atoms in total. The van der Waals surface area contributed by atoms with Gasteiger partial charge >= 0.3 is 6.03 Å². The molecule has 1 saturated heterocycles. The summed E-state index contributed by atoms with van der Waals surface area (Å²) < 4.78 is 25.9. The molecule has 3 N–H and O–H groups in total. The van der Waals surface area contributed by atoms with Crippen LogP contribution in [0.1, 0.15) is 5.56 Å². The molecule has 0 spiro atoms. The lowest BCUT2D eigenvalue weighted by atomic mass is 10.2. The standard InChI is InChI=1S/C22H27F2N5O2/c23-18-3-1-17(2-4-18)15-26-22(31)27-16-21(30)25-9-10-28-11-13-29(14-12-28)20-7-5-19(24)6-8-20/h1-8H,9-16H2,(H,25,30)(H2,26,27,31). The number of hydrogen-bond acceptors (Lipinski definition) is 4. The Morgan fingerprint density at radius 2 is 1.42 bits per heavy atom. The fourth-order valence-electron chi connectivity index (χ4n) is 3.31. The Labute approximate surface area is 180 Å². The van der Waals surface area contributed by atoms with Gasteiger partial charge in [0.15, 0.2) is 0 Å². The van der Waals surface area contributed by atoms with E-state index in [0.29, 0.717) is 6.54 Å². The van der Waals surface area contributed by atoms with E-state index in [0.717, 1.165) is 44.0 Å². The number of benzene rings is 2. The molecule has 0 aromatic heterocycles. The third-order valence-corrected chi connectivity index (χ3v) is 5.09. The molecule has 2 aromatic carbocycles. The van der Waals surface area contributed by atoms with E-state index in [2.05, 4.69) is 25.8 Å². The van der Waals surface area contributed by atoms with Crippen molar-refractivity contribution in [2.24, 2.45) is 0 Å². The molecule has 0 atom stereocenters. The number of anilines is 1. The van der Waals surface area contributed by atoms with Gasteiger partial charge in [0.2, 0.25) is 5.91 Å². The van der Waals surface area contributed by atoms with Crippen molar-refractivity contribution in [3.8, 4) is 0 Å². The molecule has 31 heavy (non-hydrogen) atoms. The predicted molar refractivity (Wildman–Crippen MR) is 115 cm³/mol. The fourth-order valence-corrected chi connectivity index (χ4v) is 3.31. The Morgan fingerprint density at radius 1 is 0.806 bits per heavy atom. The number of halogens is 2. The lowest BCUT2D eigenvalue weighted by molar-refractivity contribution is -0.120. The fraction of sp³-hybridized carbons (Fsp3) is 0.364. The lowest BCUT2D eigenvalue weighted by Crippen LogP contribution is -2.49. The van der Waals surface area contributed by atoms with Gasteiger partial charge in [0.1, 0.15) is 11.6 Å². The first-order valence-electron chi connectivity index (χ1n) is 10.3. The van der Waals surface area contributed by atoms with Gasteiger partial charge in [-0.3, -0.25) is 9.69 Å². The molecule has 3 amide bonds. The number of nitrogens with zero attached hydrogens (tertiary/aromatic N) is 2. The first kappa shape index (κ1) is 22.5. The van der Waals surface area contributed by atoms with Crippen molar-refractivity contribution in [1.82, 2.24) is 20.9 Å². The normalized spacial score (nSPS) is 14.2. The molecule has 0 bridgehead atoms.